The average molecular weight is 299 g/mol. The Balaban J connectivity index is 1.75. The van der Waals surface area contributed by atoms with Crippen molar-refractivity contribution in [2.45, 2.75) is 26.2 Å². The van der Waals surface area contributed by atoms with Gasteiger partial charge in [0.25, 0.3) is 11.5 Å². The minimum absolute atomic E-state index is 0.144. The van der Waals surface area contributed by atoms with Crippen LogP contribution >= 0.6 is 0 Å². The fourth-order valence-electron chi connectivity index (χ4n) is 2.72. The molecule has 0 aromatic carbocycles. The highest BCUT2D eigenvalue weighted by Gasteiger charge is 2.30. The molecule has 3 heterocycles. The molecular formula is C15H17N5O2. The number of likely N-dealkylation sites (tertiary alicyclic amines) is 1. The second-order valence-electron chi connectivity index (χ2n) is 5.55. The summed E-state index contributed by atoms with van der Waals surface area (Å²) in [5, 5.41) is 6.07. The summed E-state index contributed by atoms with van der Waals surface area (Å²) in [6.45, 7) is 5.10. The lowest BCUT2D eigenvalue weighted by Gasteiger charge is -2.15. The van der Waals surface area contributed by atoms with Crippen molar-refractivity contribution in [3.63, 3.8) is 0 Å². The summed E-state index contributed by atoms with van der Waals surface area (Å²) in [6, 6.07) is 4.69. The van der Waals surface area contributed by atoms with E-state index in [0.717, 1.165) is 23.6 Å². The molecule has 7 heteroatoms. The van der Waals surface area contributed by atoms with E-state index in [2.05, 4.69) is 20.2 Å². The second kappa shape index (κ2) is 5.67. The molecule has 114 valence electrons. The number of aryl methyl sites for hydroxylation is 2. The van der Waals surface area contributed by atoms with Crippen LogP contribution in [0, 0.1) is 13.8 Å². The summed E-state index contributed by atoms with van der Waals surface area (Å²) in [4.78, 5) is 34.1. The van der Waals surface area contributed by atoms with E-state index >= 15 is 0 Å². The van der Waals surface area contributed by atoms with Gasteiger partial charge < -0.3 is 4.90 Å². The van der Waals surface area contributed by atoms with Gasteiger partial charge in [-0.25, -0.2) is 15.1 Å². The fraction of sp³-hybridized carbons (Fsp3) is 0.400. The predicted octanol–water partition coefficient (Wildman–Crippen LogP) is 0.806. The zero-order valence-electron chi connectivity index (χ0n) is 12.5. The van der Waals surface area contributed by atoms with Crippen molar-refractivity contribution in [3.05, 3.63) is 51.5 Å². The molecule has 22 heavy (non-hydrogen) atoms. The molecule has 1 aliphatic rings. The van der Waals surface area contributed by atoms with E-state index in [1.54, 1.807) is 4.90 Å². The van der Waals surface area contributed by atoms with Gasteiger partial charge >= 0.3 is 0 Å². The van der Waals surface area contributed by atoms with Crippen molar-refractivity contribution in [2.24, 2.45) is 0 Å². The predicted molar refractivity (Wildman–Crippen MR) is 79.6 cm³/mol. The van der Waals surface area contributed by atoms with Gasteiger partial charge in [-0.05, 0) is 32.4 Å². The Labute approximate surface area is 127 Å². The van der Waals surface area contributed by atoms with Crippen molar-refractivity contribution in [1.82, 2.24) is 25.1 Å². The van der Waals surface area contributed by atoms with Crippen LogP contribution in [-0.4, -0.2) is 44.1 Å². The van der Waals surface area contributed by atoms with Crippen molar-refractivity contribution >= 4 is 5.91 Å². The van der Waals surface area contributed by atoms with E-state index in [4.69, 9.17) is 0 Å². The van der Waals surface area contributed by atoms with Gasteiger partial charge in [-0.2, -0.15) is 5.10 Å². The monoisotopic (exact) mass is 299 g/mol. The van der Waals surface area contributed by atoms with Crippen molar-refractivity contribution < 1.29 is 4.79 Å². The van der Waals surface area contributed by atoms with Crippen molar-refractivity contribution in [2.75, 3.05) is 13.1 Å². The van der Waals surface area contributed by atoms with Crippen LogP contribution in [0.5, 0.6) is 0 Å². The topological polar surface area (TPSA) is 91.8 Å². The molecule has 0 saturated carbocycles. The number of hydrogen-bond acceptors (Lipinski definition) is 5. The smallest absolute Gasteiger partial charge is 0.274 e. The zero-order chi connectivity index (χ0) is 15.7. The second-order valence-corrected chi connectivity index (χ2v) is 5.55. The van der Waals surface area contributed by atoms with Gasteiger partial charge in [0, 0.05) is 36.5 Å². The van der Waals surface area contributed by atoms with Crippen LogP contribution < -0.4 is 5.56 Å². The number of carbonyl (C=O) groups is 1. The summed E-state index contributed by atoms with van der Waals surface area (Å²) < 4.78 is 0. The number of nitrogens with zero attached hydrogens (tertiary/aromatic N) is 4. The molecule has 0 radical (unpaired) electrons. The number of nitrogens with one attached hydrogen (secondary N) is 1. The van der Waals surface area contributed by atoms with Gasteiger partial charge in [-0.15, -0.1) is 0 Å². The van der Waals surface area contributed by atoms with Crippen LogP contribution in [0.4, 0.5) is 0 Å². The van der Waals surface area contributed by atoms with Crippen molar-refractivity contribution in [3.8, 4) is 0 Å². The summed E-state index contributed by atoms with van der Waals surface area (Å²) >= 11 is 0. The molecule has 1 fully saturated rings. The maximum Gasteiger partial charge on any atom is 0.274 e. The van der Waals surface area contributed by atoms with E-state index in [1.807, 2.05) is 19.9 Å². The van der Waals surface area contributed by atoms with Gasteiger partial charge in [0.1, 0.15) is 11.5 Å². The molecule has 1 aliphatic heterocycles. The molecule has 0 spiro atoms. The molecule has 1 atom stereocenters. The number of aromatic amines is 1. The van der Waals surface area contributed by atoms with Gasteiger partial charge in [0.05, 0.1) is 0 Å². The first-order valence-electron chi connectivity index (χ1n) is 7.20. The molecule has 1 saturated heterocycles. The van der Waals surface area contributed by atoms with E-state index in [-0.39, 0.29) is 23.1 Å². The lowest BCUT2D eigenvalue weighted by molar-refractivity contribution is 0.0783. The Hall–Kier alpha value is -2.57. The molecular weight excluding hydrogens is 282 g/mol. The minimum Gasteiger partial charge on any atom is -0.336 e. The molecule has 2 aromatic rings. The molecule has 2 aromatic heterocycles. The third-order valence-electron chi connectivity index (χ3n) is 3.74. The summed E-state index contributed by atoms with van der Waals surface area (Å²) in [5.41, 5.74) is 1.81. The van der Waals surface area contributed by atoms with Crippen LogP contribution in [0.1, 0.15) is 40.0 Å². The number of rotatable bonds is 2. The first-order valence-corrected chi connectivity index (χ1v) is 7.20. The Morgan fingerprint density at radius 1 is 1.27 bits per heavy atom. The molecule has 3 rings (SSSR count). The van der Waals surface area contributed by atoms with E-state index in [1.165, 1.54) is 12.1 Å². The summed E-state index contributed by atoms with van der Waals surface area (Å²) in [7, 11) is 0. The number of hydrogen-bond donors (Lipinski definition) is 1. The standard InChI is InChI=1S/C15H17N5O2/c1-9-7-10(2)17-14(16-9)11-5-6-20(8-11)15(22)12-3-4-13(21)19-18-12/h3-4,7,11H,5-6,8H2,1-2H3,(H,19,21)/t11-/m0/s1. The highest BCUT2D eigenvalue weighted by atomic mass is 16.2. The maximum absolute atomic E-state index is 12.4. The Kier molecular flexibility index (Phi) is 3.70. The third kappa shape index (κ3) is 2.88. The molecule has 0 aliphatic carbocycles. The van der Waals surface area contributed by atoms with Gasteiger partial charge in [0.15, 0.2) is 0 Å². The molecule has 1 amide bonds. The molecule has 7 nitrogen and oxygen atoms in total. The molecule has 0 unspecified atom stereocenters. The third-order valence-corrected chi connectivity index (χ3v) is 3.74. The Bertz CT molecular complexity index is 730. The van der Waals surface area contributed by atoms with Crippen molar-refractivity contribution in [1.29, 1.82) is 0 Å². The highest BCUT2D eigenvalue weighted by Crippen LogP contribution is 2.25. The first-order chi connectivity index (χ1) is 10.5. The van der Waals surface area contributed by atoms with Crippen LogP contribution in [-0.2, 0) is 0 Å². The maximum atomic E-state index is 12.4. The van der Waals surface area contributed by atoms with Gasteiger partial charge in [0.2, 0.25) is 0 Å². The fourth-order valence-corrected chi connectivity index (χ4v) is 2.72. The Morgan fingerprint density at radius 3 is 2.64 bits per heavy atom. The Morgan fingerprint density at radius 2 is 2.00 bits per heavy atom. The SMILES string of the molecule is Cc1cc(C)nc([C@H]2CCN(C(=O)c3ccc(=O)[nH]n3)C2)n1. The van der Waals surface area contributed by atoms with Gasteiger partial charge in [-0.3, -0.25) is 9.59 Å². The summed E-state index contributed by atoms with van der Waals surface area (Å²) in [5.74, 6) is 0.760. The number of H-pyrrole nitrogens is 1. The minimum atomic E-state index is -0.320. The van der Waals surface area contributed by atoms with Gasteiger partial charge in [-0.1, -0.05) is 0 Å². The molecule has 1 N–H and O–H groups in total. The van der Waals surface area contributed by atoms with Crippen LogP contribution in [0.15, 0.2) is 23.0 Å². The number of aromatic nitrogens is 4. The van der Waals surface area contributed by atoms with Crippen LogP contribution in [0.25, 0.3) is 0 Å². The average Bonchev–Trinajstić information content (AvgIpc) is 2.96. The number of amides is 1. The highest BCUT2D eigenvalue weighted by molar-refractivity contribution is 5.92. The van der Waals surface area contributed by atoms with E-state index in [0.29, 0.717) is 13.1 Å². The molecule has 0 bridgehead atoms. The lowest BCUT2D eigenvalue weighted by atomic mass is 10.1. The quantitative estimate of drug-likeness (QED) is 0.886. The normalized spacial score (nSPS) is 17.7. The lowest BCUT2D eigenvalue weighted by Crippen LogP contribution is -2.30. The van der Waals surface area contributed by atoms with E-state index < -0.39 is 0 Å². The van der Waals surface area contributed by atoms with Crippen LogP contribution in [0.2, 0.25) is 0 Å². The van der Waals surface area contributed by atoms with E-state index in [9.17, 15) is 9.59 Å². The van der Waals surface area contributed by atoms with Crippen LogP contribution in [0.3, 0.4) is 0 Å². The largest absolute Gasteiger partial charge is 0.336 e. The number of carbonyl (C=O) groups excluding carboxylic acids is 1. The first kappa shape index (κ1) is 14.4. The zero-order valence-corrected chi connectivity index (χ0v) is 12.5. The summed E-state index contributed by atoms with van der Waals surface area (Å²) in [6.07, 6.45) is 0.831.